The van der Waals surface area contributed by atoms with Gasteiger partial charge < -0.3 is 19.9 Å². The molecule has 0 radical (unpaired) electrons. The van der Waals surface area contributed by atoms with E-state index in [9.17, 15) is 5.11 Å². The van der Waals surface area contributed by atoms with Crippen molar-refractivity contribution in [2.75, 3.05) is 5.32 Å². The largest absolute Gasteiger partial charge is 0.508 e. The van der Waals surface area contributed by atoms with Gasteiger partial charge in [0.25, 0.3) is 0 Å². The van der Waals surface area contributed by atoms with Crippen LogP contribution in [0.1, 0.15) is 11.1 Å². The lowest BCUT2D eigenvalue weighted by Crippen LogP contribution is -1.98. The molecule has 0 amide bonds. The summed E-state index contributed by atoms with van der Waals surface area (Å²) >= 11 is 1.41. The molecule has 0 aliphatic carbocycles. The van der Waals surface area contributed by atoms with Crippen molar-refractivity contribution in [2.24, 2.45) is 0 Å². The summed E-state index contributed by atoms with van der Waals surface area (Å²) in [6, 6.07) is 32.7. The van der Waals surface area contributed by atoms with Crippen LogP contribution in [0.5, 0.6) is 17.2 Å². The fourth-order valence-corrected chi connectivity index (χ4v) is 4.19. The molecule has 2 N–H and O–H groups in total. The Balaban J connectivity index is 1.38. The van der Waals surface area contributed by atoms with Crippen LogP contribution in [0.2, 0.25) is 0 Å². The Morgan fingerprint density at radius 2 is 1.31 bits per heavy atom. The Bertz CT molecular complexity index is 1330. The highest BCUT2D eigenvalue weighted by Crippen LogP contribution is 2.34. The number of aromatic nitrogens is 2. The third-order valence-corrected chi connectivity index (χ3v) is 6.03. The third-order valence-electron chi connectivity index (χ3n) is 5.15. The van der Waals surface area contributed by atoms with Crippen LogP contribution in [0, 0.1) is 0 Å². The van der Waals surface area contributed by atoms with Gasteiger partial charge in [-0.15, -0.1) is 10.2 Å². The molecule has 5 aromatic rings. The van der Waals surface area contributed by atoms with E-state index >= 15 is 0 Å². The molecule has 4 aromatic carbocycles. The Hall–Kier alpha value is -4.36. The fraction of sp³-hybridized carbons (Fsp3) is 0.0714. The molecule has 0 atom stereocenters. The Morgan fingerprint density at radius 1 is 0.686 bits per heavy atom. The van der Waals surface area contributed by atoms with Crippen LogP contribution >= 0.6 is 11.3 Å². The number of hydrogen-bond donors (Lipinski definition) is 2. The summed E-state index contributed by atoms with van der Waals surface area (Å²) in [6.45, 7) is 0.895. The summed E-state index contributed by atoms with van der Waals surface area (Å²) < 4.78 is 12.2. The van der Waals surface area contributed by atoms with Crippen molar-refractivity contribution in [3.05, 3.63) is 114 Å². The highest BCUT2D eigenvalue weighted by Gasteiger charge is 2.12. The molecule has 7 heteroatoms. The minimum absolute atomic E-state index is 0.184. The summed E-state index contributed by atoms with van der Waals surface area (Å²) in [5, 5.41) is 22.8. The first kappa shape index (κ1) is 22.4. The van der Waals surface area contributed by atoms with Crippen molar-refractivity contribution in [3.8, 4) is 27.8 Å². The SMILES string of the molecule is Oc1cccc(Nc2nnc(-c3cc(OCc4ccccc4)cc(OCc4ccccc4)c3)s2)c1. The average Bonchev–Trinajstić information content (AvgIpc) is 3.36. The summed E-state index contributed by atoms with van der Waals surface area (Å²) in [7, 11) is 0. The van der Waals surface area contributed by atoms with Crippen molar-refractivity contribution >= 4 is 22.2 Å². The predicted octanol–water partition coefficient (Wildman–Crippen LogP) is 6.81. The van der Waals surface area contributed by atoms with Crippen LogP contribution in [-0.4, -0.2) is 15.3 Å². The minimum atomic E-state index is 0.184. The van der Waals surface area contributed by atoms with Gasteiger partial charge in [-0.3, -0.25) is 0 Å². The van der Waals surface area contributed by atoms with E-state index in [0.29, 0.717) is 29.8 Å². The maximum absolute atomic E-state index is 9.70. The molecule has 0 aliphatic rings. The van der Waals surface area contributed by atoms with Crippen molar-refractivity contribution < 1.29 is 14.6 Å². The van der Waals surface area contributed by atoms with Gasteiger partial charge in [-0.1, -0.05) is 78.1 Å². The van der Waals surface area contributed by atoms with Crippen LogP contribution in [0.4, 0.5) is 10.8 Å². The van der Waals surface area contributed by atoms with Crippen LogP contribution < -0.4 is 14.8 Å². The fourth-order valence-electron chi connectivity index (χ4n) is 3.44. The number of phenols is 1. The summed E-state index contributed by atoms with van der Waals surface area (Å²) in [6.07, 6.45) is 0. The van der Waals surface area contributed by atoms with Gasteiger partial charge in [0.05, 0.1) is 0 Å². The van der Waals surface area contributed by atoms with Crippen molar-refractivity contribution in [1.82, 2.24) is 10.2 Å². The number of benzene rings is 4. The van der Waals surface area contributed by atoms with Gasteiger partial charge in [0, 0.05) is 23.4 Å². The molecule has 1 aromatic heterocycles. The molecular formula is C28H23N3O3S. The maximum atomic E-state index is 9.70. The number of aromatic hydroxyl groups is 1. The smallest absolute Gasteiger partial charge is 0.210 e. The highest BCUT2D eigenvalue weighted by molar-refractivity contribution is 7.18. The van der Waals surface area contributed by atoms with E-state index in [0.717, 1.165) is 27.4 Å². The Kier molecular flexibility index (Phi) is 6.87. The molecule has 6 nitrogen and oxygen atoms in total. The van der Waals surface area contributed by atoms with Crippen molar-refractivity contribution in [3.63, 3.8) is 0 Å². The molecule has 174 valence electrons. The second kappa shape index (κ2) is 10.7. The number of hydrogen-bond acceptors (Lipinski definition) is 7. The molecule has 0 unspecified atom stereocenters. The first-order chi connectivity index (χ1) is 17.2. The lowest BCUT2D eigenvalue weighted by atomic mass is 10.2. The zero-order valence-corrected chi connectivity index (χ0v) is 19.6. The van der Waals surface area contributed by atoms with Crippen LogP contribution in [0.3, 0.4) is 0 Å². The van der Waals surface area contributed by atoms with Gasteiger partial charge >= 0.3 is 0 Å². The number of anilines is 2. The van der Waals surface area contributed by atoms with Gasteiger partial charge in [-0.25, -0.2) is 0 Å². The van der Waals surface area contributed by atoms with Crippen molar-refractivity contribution in [1.29, 1.82) is 0 Å². The molecular weight excluding hydrogens is 458 g/mol. The zero-order chi connectivity index (χ0) is 23.9. The summed E-state index contributed by atoms with van der Waals surface area (Å²) in [5.41, 5.74) is 3.75. The van der Waals surface area contributed by atoms with Crippen LogP contribution in [0.25, 0.3) is 10.6 Å². The molecule has 0 saturated heterocycles. The van der Waals surface area contributed by atoms with E-state index < -0.39 is 0 Å². The van der Waals surface area contributed by atoms with Crippen LogP contribution in [-0.2, 0) is 13.2 Å². The van der Waals surface area contributed by atoms with E-state index in [1.54, 1.807) is 18.2 Å². The number of phenolic OH excluding ortho intramolecular Hbond substituents is 1. The molecule has 0 saturated carbocycles. The number of rotatable bonds is 9. The van der Waals surface area contributed by atoms with E-state index in [1.807, 2.05) is 84.9 Å². The van der Waals surface area contributed by atoms with E-state index in [4.69, 9.17) is 9.47 Å². The molecule has 35 heavy (non-hydrogen) atoms. The topological polar surface area (TPSA) is 76.5 Å². The first-order valence-corrected chi connectivity index (χ1v) is 11.9. The van der Waals surface area contributed by atoms with Crippen LogP contribution in [0.15, 0.2) is 103 Å². The van der Waals surface area contributed by atoms with E-state index in [1.165, 1.54) is 11.3 Å². The standard InChI is InChI=1S/C28H23N3O3S/c32-24-13-7-12-23(16-24)29-28-31-30-27(35-28)22-14-25(33-18-20-8-3-1-4-9-20)17-26(15-22)34-19-21-10-5-2-6-11-21/h1-17,32H,18-19H2,(H,29,31). The number of nitrogens with one attached hydrogen (secondary N) is 1. The number of ether oxygens (including phenoxy) is 2. The molecule has 0 fully saturated rings. The minimum Gasteiger partial charge on any atom is -0.508 e. The Labute approximate surface area is 207 Å². The average molecular weight is 482 g/mol. The number of nitrogens with zero attached hydrogens (tertiary/aromatic N) is 2. The molecule has 0 spiro atoms. The normalized spacial score (nSPS) is 10.6. The van der Waals surface area contributed by atoms with E-state index in [2.05, 4.69) is 15.5 Å². The molecule has 5 rings (SSSR count). The van der Waals surface area contributed by atoms with Gasteiger partial charge in [0.15, 0.2) is 0 Å². The monoisotopic (exact) mass is 481 g/mol. The predicted molar refractivity (Wildman–Crippen MR) is 138 cm³/mol. The zero-order valence-electron chi connectivity index (χ0n) is 18.8. The first-order valence-electron chi connectivity index (χ1n) is 11.1. The summed E-state index contributed by atoms with van der Waals surface area (Å²) in [5.74, 6) is 1.56. The lowest BCUT2D eigenvalue weighted by Gasteiger charge is -2.12. The van der Waals surface area contributed by atoms with Gasteiger partial charge in [0.1, 0.15) is 35.5 Å². The second-order valence-electron chi connectivity index (χ2n) is 7.83. The third kappa shape index (κ3) is 6.16. The molecule has 1 heterocycles. The Morgan fingerprint density at radius 3 is 1.91 bits per heavy atom. The van der Waals surface area contributed by atoms with Gasteiger partial charge in [-0.05, 0) is 35.4 Å². The molecule has 0 aliphatic heterocycles. The highest BCUT2D eigenvalue weighted by atomic mass is 32.1. The summed E-state index contributed by atoms with van der Waals surface area (Å²) in [4.78, 5) is 0. The van der Waals surface area contributed by atoms with Crippen molar-refractivity contribution in [2.45, 2.75) is 13.2 Å². The van der Waals surface area contributed by atoms with Gasteiger partial charge in [0.2, 0.25) is 5.13 Å². The quantitative estimate of drug-likeness (QED) is 0.241. The van der Waals surface area contributed by atoms with Gasteiger partial charge in [-0.2, -0.15) is 0 Å². The maximum Gasteiger partial charge on any atom is 0.210 e. The van der Waals surface area contributed by atoms with E-state index in [-0.39, 0.29) is 5.75 Å². The lowest BCUT2D eigenvalue weighted by molar-refractivity contribution is 0.290. The molecule has 0 bridgehead atoms. The second-order valence-corrected chi connectivity index (χ2v) is 8.81.